The fourth-order valence-corrected chi connectivity index (χ4v) is 3.92. The Bertz CT molecular complexity index is 370. The Labute approximate surface area is 95.4 Å². The Morgan fingerprint density at radius 1 is 1.43 bits per heavy atom. The van der Waals surface area contributed by atoms with Crippen LogP contribution in [0.4, 0.5) is 0 Å². The summed E-state index contributed by atoms with van der Waals surface area (Å²) in [4.78, 5) is 13.5. The van der Waals surface area contributed by atoms with Gasteiger partial charge in [-0.3, -0.25) is 0 Å². The summed E-state index contributed by atoms with van der Waals surface area (Å²) in [5.41, 5.74) is 1.32. The molecule has 0 bridgehead atoms. The molecule has 2 nitrogen and oxygen atoms in total. The molecule has 2 rings (SSSR count). The van der Waals surface area contributed by atoms with Gasteiger partial charge < -0.3 is 4.74 Å². The first-order valence-corrected chi connectivity index (χ1v) is 6.23. The maximum Gasteiger partial charge on any atom is 0.349 e. The van der Waals surface area contributed by atoms with E-state index in [-0.39, 0.29) is 5.97 Å². The molecule has 1 aliphatic carbocycles. The van der Waals surface area contributed by atoms with Crippen LogP contribution in [-0.2, 0) is 17.6 Å². The lowest BCUT2D eigenvalue weighted by Crippen LogP contribution is -2.00. The number of fused-ring (bicyclic) bond motifs is 1. The lowest BCUT2D eigenvalue weighted by Gasteiger charge is -2.09. The molecular weight excluding hydrogens is 264 g/mol. The van der Waals surface area contributed by atoms with Crippen LogP contribution in [0.15, 0.2) is 4.47 Å². The summed E-state index contributed by atoms with van der Waals surface area (Å²) < 4.78 is 5.70. The monoisotopic (exact) mass is 274 g/mol. The van der Waals surface area contributed by atoms with Crippen molar-refractivity contribution in [2.45, 2.75) is 25.7 Å². The van der Waals surface area contributed by atoms with Crippen molar-refractivity contribution in [1.29, 1.82) is 0 Å². The van der Waals surface area contributed by atoms with E-state index >= 15 is 0 Å². The highest BCUT2D eigenvalue weighted by atomic mass is 79.9. The van der Waals surface area contributed by atoms with Crippen LogP contribution in [0.5, 0.6) is 0 Å². The number of carbonyl (C=O) groups is 1. The molecule has 0 aromatic carbocycles. The number of carbonyl (C=O) groups excluding carboxylic acids is 1. The molecule has 0 atom stereocenters. The first-order valence-electron chi connectivity index (χ1n) is 4.62. The van der Waals surface area contributed by atoms with Crippen LogP contribution in [0.25, 0.3) is 0 Å². The van der Waals surface area contributed by atoms with Gasteiger partial charge in [0.05, 0.1) is 7.11 Å². The first-order chi connectivity index (χ1) is 6.74. The summed E-state index contributed by atoms with van der Waals surface area (Å²) >= 11 is 5.06. The van der Waals surface area contributed by atoms with Gasteiger partial charge in [0.1, 0.15) is 4.88 Å². The van der Waals surface area contributed by atoms with Gasteiger partial charge in [-0.05, 0) is 47.2 Å². The molecule has 76 valence electrons. The van der Waals surface area contributed by atoms with Gasteiger partial charge in [-0.25, -0.2) is 4.79 Å². The van der Waals surface area contributed by atoms with Crippen LogP contribution in [-0.4, -0.2) is 13.1 Å². The lowest BCUT2D eigenvalue weighted by atomic mass is 9.99. The molecule has 1 heterocycles. The third-order valence-corrected chi connectivity index (χ3v) is 4.89. The predicted molar refractivity (Wildman–Crippen MR) is 60.0 cm³/mol. The van der Waals surface area contributed by atoms with Crippen LogP contribution in [0, 0.1) is 0 Å². The summed E-state index contributed by atoms with van der Waals surface area (Å²) in [5.74, 6) is -0.226. The molecule has 4 heteroatoms. The SMILES string of the molecule is COC(=O)c1sc2c(c1Br)CCCC2. The standard InChI is InChI=1S/C10H11BrO2S/c1-13-10(12)9-8(11)6-4-2-3-5-7(6)14-9/h2-5H2,1H3. The number of thiophene rings is 1. The number of halogens is 1. The van der Waals surface area contributed by atoms with Gasteiger partial charge in [0.25, 0.3) is 0 Å². The van der Waals surface area contributed by atoms with Gasteiger partial charge in [0.2, 0.25) is 0 Å². The smallest absolute Gasteiger partial charge is 0.349 e. The molecule has 0 saturated heterocycles. The Kier molecular flexibility index (Phi) is 2.93. The summed E-state index contributed by atoms with van der Waals surface area (Å²) in [6.45, 7) is 0. The average molecular weight is 275 g/mol. The summed E-state index contributed by atoms with van der Waals surface area (Å²) in [7, 11) is 1.42. The van der Waals surface area contributed by atoms with E-state index in [1.54, 1.807) is 11.3 Å². The average Bonchev–Trinajstić information content (AvgIpc) is 2.56. The minimum absolute atomic E-state index is 0.226. The quantitative estimate of drug-likeness (QED) is 0.736. The van der Waals surface area contributed by atoms with Gasteiger partial charge in [-0.15, -0.1) is 11.3 Å². The molecule has 0 N–H and O–H groups in total. The van der Waals surface area contributed by atoms with E-state index in [4.69, 9.17) is 4.74 Å². The van der Waals surface area contributed by atoms with Crippen LogP contribution in [0.1, 0.15) is 33.0 Å². The van der Waals surface area contributed by atoms with E-state index in [1.165, 1.54) is 30.4 Å². The number of methoxy groups -OCH3 is 1. The van der Waals surface area contributed by atoms with Crippen LogP contribution >= 0.6 is 27.3 Å². The number of rotatable bonds is 1. The second-order valence-corrected chi connectivity index (χ2v) is 5.24. The second kappa shape index (κ2) is 4.03. The molecule has 0 aliphatic heterocycles. The van der Waals surface area contributed by atoms with E-state index in [0.29, 0.717) is 0 Å². The molecule has 1 aromatic heterocycles. The third-order valence-electron chi connectivity index (χ3n) is 2.48. The summed E-state index contributed by atoms with van der Waals surface area (Å²) in [5, 5.41) is 0. The Hall–Kier alpha value is -0.350. The largest absolute Gasteiger partial charge is 0.465 e. The highest BCUT2D eigenvalue weighted by Crippen LogP contribution is 2.38. The predicted octanol–water partition coefficient (Wildman–Crippen LogP) is 3.18. The van der Waals surface area contributed by atoms with E-state index in [9.17, 15) is 4.79 Å². The van der Waals surface area contributed by atoms with Crippen LogP contribution in [0.3, 0.4) is 0 Å². The molecule has 0 unspecified atom stereocenters. The van der Waals surface area contributed by atoms with Gasteiger partial charge in [-0.1, -0.05) is 0 Å². The van der Waals surface area contributed by atoms with Gasteiger partial charge in [0.15, 0.2) is 0 Å². The minimum Gasteiger partial charge on any atom is -0.465 e. The van der Waals surface area contributed by atoms with Crippen molar-refractivity contribution in [2.24, 2.45) is 0 Å². The normalized spacial score (nSPS) is 15.0. The van der Waals surface area contributed by atoms with Gasteiger partial charge in [-0.2, -0.15) is 0 Å². The number of ether oxygens (including phenoxy) is 1. The van der Waals surface area contributed by atoms with Crippen LogP contribution in [0.2, 0.25) is 0 Å². The van der Waals surface area contributed by atoms with Crippen LogP contribution < -0.4 is 0 Å². The maximum absolute atomic E-state index is 11.4. The number of hydrogen-bond donors (Lipinski definition) is 0. The van der Waals surface area contributed by atoms with Crippen molar-refractivity contribution in [3.8, 4) is 0 Å². The molecule has 0 saturated carbocycles. The highest BCUT2D eigenvalue weighted by Gasteiger charge is 2.23. The van der Waals surface area contributed by atoms with E-state index < -0.39 is 0 Å². The number of aryl methyl sites for hydroxylation is 1. The van der Waals surface area contributed by atoms with Crippen molar-refractivity contribution in [1.82, 2.24) is 0 Å². The molecule has 1 aliphatic rings. The highest BCUT2D eigenvalue weighted by molar-refractivity contribution is 9.10. The zero-order valence-corrected chi connectivity index (χ0v) is 10.3. The molecule has 0 radical (unpaired) electrons. The maximum atomic E-state index is 11.4. The Balaban J connectivity index is 2.43. The fraction of sp³-hybridized carbons (Fsp3) is 0.500. The fourth-order valence-electron chi connectivity index (χ4n) is 1.75. The first kappa shape index (κ1) is 10.2. The molecule has 0 amide bonds. The summed E-state index contributed by atoms with van der Waals surface area (Å²) in [6.07, 6.45) is 4.66. The van der Waals surface area contributed by atoms with E-state index in [1.807, 2.05) is 0 Å². The molecule has 0 fully saturated rings. The van der Waals surface area contributed by atoms with Crippen molar-refractivity contribution in [2.75, 3.05) is 7.11 Å². The summed E-state index contributed by atoms with van der Waals surface area (Å²) in [6, 6.07) is 0. The Morgan fingerprint density at radius 2 is 2.14 bits per heavy atom. The molecule has 14 heavy (non-hydrogen) atoms. The van der Waals surface area contributed by atoms with E-state index in [0.717, 1.165) is 22.2 Å². The minimum atomic E-state index is -0.226. The molecule has 1 aromatic rings. The topological polar surface area (TPSA) is 26.3 Å². The van der Waals surface area contributed by atoms with E-state index in [2.05, 4.69) is 15.9 Å². The van der Waals surface area contributed by atoms with Gasteiger partial charge >= 0.3 is 5.97 Å². The zero-order valence-electron chi connectivity index (χ0n) is 7.93. The number of esters is 1. The van der Waals surface area contributed by atoms with Gasteiger partial charge in [0, 0.05) is 9.35 Å². The van der Waals surface area contributed by atoms with Crippen molar-refractivity contribution >= 4 is 33.2 Å². The third kappa shape index (κ3) is 1.61. The van der Waals surface area contributed by atoms with Crippen molar-refractivity contribution in [3.05, 3.63) is 19.8 Å². The molecule has 0 spiro atoms. The Morgan fingerprint density at radius 3 is 2.79 bits per heavy atom. The number of hydrogen-bond acceptors (Lipinski definition) is 3. The zero-order chi connectivity index (χ0) is 10.1. The lowest BCUT2D eigenvalue weighted by molar-refractivity contribution is 0.0605. The van der Waals surface area contributed by atoms with Crippen molar-refractivity contribution in [3.63, 3.8) is 0 Å². The second-order valence-electron chi connectivity index (χ2n) is 3.35. The molecular formula is C10H11BrO2S. The van der Waals surface area contributed by atoms with Crippen molar-refractivity contribution < 1.29 is 9.53 Å².